The molecule has 2 aromatic rings. The molecule has 10 heteroatoms. The van der Waals surface area contributed by atoms with Crippen LogP contribution < -0.4 is 25.8 Å². The highest BCUT2D eigenvalue weighted by atomic mass is 16.5. The van der Waals surface area contributed by atoms with Crippen molar-refractivity contribution in [2.75, 3.05) is 26.1 Å². The summed E-state index contributed by atoms with van der Waals surface area (Å²) in [7, 11) is 3.08. The number of nitrogens with one attached hydrogen (secondary N) is 2. The van der Waals surface area contributed by atoms with Gasteiger partial charge in [-0.1, -0.05) is 18.2 Å². The highest BCUT2D eigenvalue weighted by molar-refractivity contribution is 6.15. The van der Waals surface area contributed by atoms with E-state index in [0.717, 1.165) is 16.7 Å². The highest BCUT2D eigenvalue weighted by Gasteiger charge is 2.70. The van der Waals surface area contributed by atoms with Gasteiger partial charge < -0.3 is 20.5 Å². The predicted octanol–water partition coefficient (Wildman–Crippen LogP) is 1.16. The first kappa shape index (κ1) is 24.8. The zero-order valence-electron chi connectivity index (χ0n) is 21.2. The summed E-state index contributed by atoms with van der Waals surface area (Å²) in [6, 6.07) is 8.37. The third-order valence-corrected chi connectivity index (χ3v) is 8.01. The van der Waals surface area contributed by atoms with Crippen LogP contribution in [0.15, 0.2) is 30.3 Å². The molecule has 5 rings (SSSR count). The van der Waals surface area contributed by atoms with Gasteiger partial charge >= 0.3 is 0 Å². The topological polar surface area (TPSA) is 140 Å². The van der Waals surface area contributed by atoms with Crippen molar-refractivity contribution in [1.29, 1.82) is 0 Å². The molecule has 1 spiro atoms. The summed E-state index contributed by atoms with van der Waals surface area (Å²) in [5, 5.41) is 6.16. The van der Waals surface area contributed by atoms with Gasteiger partial charge in [-0.25, -0.2) is 0 Å². The first-order chi connectivity index (χ1) is 17.6. The van der Waals surface area contributed by atoms with E-state index in [1.165, 1.54) is 12.0 Å². The molecule has 2 unspecified atom stereocenters. The minimum Gasteiger partial charge on any atom is -0.493 e. The lowest BCUT2D eigenvalue weighted by atomic mass is 9.76. The van der Waals surface area contributed by atoms with Crippen LogP contribution in [-0.2, 0) is 31.1 Å². The van der Waals surface area contributed by atoms with E-state index in [0.29, 0.717) is 29.2 Å². The van der Waals surface area contributed by atoms with E-state index in [1.54, 1.807) is 19.2 Å². The molecule has 2 saturated heterocycles. The van der Waals surface area contributed by atoms with Crippen LogP contribution in [0.25, 0.3) is 0 Å². The summed E-state index contributed by atoms with van der Waals surface area (Å²) < 4.78 is 10.6. The molecular weight excluding hydrogens is 476 g/mol. The number of nitrogens with zero attached hydrogens (tertiary/aromatic N) is 1. The van der Waals surface area contributed by atoms with Crippen LogP contribution in [0.2, 0.25) is 0 Å². The number of carbonyl (C=O) groups excluding carboxylic acids is 4. The number of benzene rings is 2. The van der Waals surface area contributed by atoms with E-state index in [2.05, 4.69) is 10.6 Å². The molecule has 0 saturated carbocycles. The second-order valence-electron chi connectivity index (χ2n) is 9.88. The zero-order valence-corrected chi connectivity index (χ0v) is 21.2. The number of likely N-dealkylation sites (tertiary alicyclic amines) is 1. The van der Waals surface area contributed by atoms with Crippen molar-refractivity contribution >= 4 is 29.3 Å². The molecule has 4 amide bonds. The Morgan fingerprint density at radius 3 is 2.46 bits per heavy atom. The molecule has 4 atom stereocenters. The molecule has 0 bridgehead atoms. The summed E-state index contributed by atoms with van der Waals surface area (Å²) >= 11 is 0. The SMILES string of the molecule is COc1ccc(CCN2C(=O)[C@@H]3C(CC(N)=O)NC4(C(=O)Nc5c4ccc(C)c5C)[C@@H]3C2=O)cc1OC. The van der Waals surface area contributed by atoms with Gasteiger partial charge in [0, 0.05) is 30.3 Å². The Bertz CT molecular complexity index is 1340. The predicted molar refractivity (Wildman–Crippen MR) is 134 cm³/mol. The number of rotatable bonds is 7. The number of primary amides is 1. The lowest BCUT2D eigenvalue weighted by Crippen LogP contribution is -2.53. The monoisotopic (exact) mass is 506 g/mol. The number of hydrogen-bond donors (Lipinski definition) is 3. The van der Waals surface area contributed by atoms with Crippen LogP contribution in [0.5, 0.6) is 11.5 Å². The van der Waals surface area contributed by atoms with Crippen LogP contribution >= 0.6 is 0 Å². The number of ether oxygens (including phenoxy) is 2. The van der Waals surface area contributed by atoms with Crippen LogP contribution in [0.1, 0.15) is 28.7 Å². The largest absolute Gasteiger partial charge is 0.493 e. The van der Waals surface area contributed by atoms with Crippen molar-refractivity contribution in [1.82, 2.24) is 10.2 Å². The van der Waals surface area contributed by atoms with E-state index >= 15 is 0 Å². The van der Waals surface area contributed by atoms with Gasteiger partial charge in [-0.05, 0) is 49.1 Å². The van der Waals surface area contributed by atoms with Gasteiger partial charge in [0.05, 0.1) is 26.1 Å². The Labute approximate surface area is 214 Å². The maximum atomic E-state index is 13.9. The van der Waals surface area contributed by atoms with E-state index in [4.69, 9.17) is 15.2 Å². The fraction of sp³-hybridized carbons (Fsp3) is 0.407. The van der Waals surface area contributed by atoms with Crippen molar-refractivity contribution in [3.63, 3.8) is 0 Å². The number of fused-ring (bicyclic) bond motifs is 4. The second-order valence-corrected chi connectivity index (χ2v) is 9.88. The van der Waals surface area contributed by atoms with E-state index in [-0.39, 0.29) is 13.0 Å². The summed E-state index contributed by atoms with van der Waals surface area (Å²) in [6.07, 6.45) is 0.220. The van der Waals surface area contributed by atoms with Gasteiger partial charge in [0.25, 0.3) is 0 Å². The van der Waals surface area contributed by atoms with E-state index < -0.39 is 47.0 Å². The molecular formula is C27H30N4O6. The van der Waals surface area contributed by atoms with Crippen molar-refractivity contribution in [2.45, 2.75) is 38.3 Å². The molecule has 0 aromatic heterocycles. The average molecular weight is 507 g/mol. The third-order valence-electron chi connectivity index (χ3n) is 8.01. The Morgan fingerprint density at radius 2 is 1.78 bits per heavy atom. The zero-order chi connectivity index (χ0) is 26.6. The van der Waals surface area contributed by atoms with Crippen LogP contribution in [0, 0.1) is 25.7 Å². The maximum Gasteiger partial charge on any atom is 0.250 e. The molecule has 0 radical (unpaired) electrons. The molecule has 3 aliphatic heterocycles. The third kappa shape index (κ3) is 3.58. The maximum absolute atomic E-state index is 13.9. The normalized spacial score (nSPS) is 25.9. The van der Waals surface area contributed by atoms with Gasteiger partial charge in [0.15, 0.2) is 11.5 Å². The van der Waals surface area contributed by atoms with Crippen molar-refractivity contribution in [2.24, 2.45) is 17.6 Å². The number of aryl methyl sites for hydroxylation is 1. The first-order valence-corrected chi connectivity index (χ1v) is 12.2. The number of anilines is 1. The van der Waals surface area contributed by atoms with Gasteiger partial charge in [-0.15, -0.1) is 0 Å². The fourth-order valence-electron chi connectivity index (χ4n) is 6.07. The quantitative estimate of drug-likeness (QED) is 0.479. The van der Waals surface area contributed by atoms with Crippen LogP contribution in [0.3, 0.4) is 0 Å². The molecule has 194 valence electrons. The molecule has 10 nitrogen and oxygen atoms in total. The molecule has 37 heavy (non-hydrogen) atoms. The minimum atomic E-state index is -1.45. The second kappa shape index (κ2) is 8.88. The smallest absolute Gasteiger partial charge is 0.250 e. The number of imide groups is 1. The Morgan fingerprint density at radius 1 is 1.05 bits per heavy atom. The standard InChI is InChI=1S/C27H30N4O6/c1-13-5-7-16-23(14(13)2)29-26(35)27(16)22-21(17(30-27)12-20(28)32)24(33)31(25(22)34)10-9-15-6-8-18(36-3)19(11-15)37-4/h5-8,11,17,21-22,30H,9-10,12H2,1-4H3,(H2,28,32)(H,29,35)/t17?,21-,22+,27?/m1/s1. The number of methoxy groups -OCH3 is 2. The van der Waals surface area contributed by atoms with Crippen molar-refractivity contribution in [3.8, 4) is 11.5 Å². The fourth-order valence-corrected chi connectivity index (χ4v) is 6.07. The van der Waals surface area contributed by atoms with Gasteiger partial charge in [-0.2, -0.15) is 0 Å². The van der Waals surface area contributed by atoms with Gasteiger partial charge in [-0.3, -0.25) is 29.4 Å². The summed E-state index contributed by atoms with van der Waals surface area (Å²) in [4.78, 5) is 54.2. The lowest BCUT2D eigenvalue weighted by molar-refractivity contribution is -0.142. The molecule has 3 heterocycles. The minimum absolute atomic E-state index is 0.126. The van der Waals surface area contributed by atoms with Gasteiger partial charge in [0.2, 0.25) is 23.6 Å². The average Bonchev–Trinajstić information content (AvgIpc) is 3.44. The molecule has 3 aliphatic rings. The number of nitrogens with two attached hydrogens (primary N) is 1. The Kier molecular flexibility index (Phi) is 5.94. The van der Waals surface area contributed by atoms with E-state index in [1.807, 2.05) is 32.0 Å². The van der Waals surface area contributed by atoms with Crippen molar-refractivity contribution in [3.05, 3.63) is 52.6 Å². The number of hydrogen-bond acceptors (Lipinski definition) is 7. The summed E-state index contributed by atoms with van der Waals surface area (Å²) in [6.45, 7) is 3.96. The number of carbonyl (C=O) groups is 4. The first-order valence-electron chi connectivity index (χ1n) is 12.2. The van der Waals surface area contributed by atoms with Crippen LogP contribution in [0.4, 0.5) is 5.69 Å². The van der Waals surface area contributed by atoms with Crippen LogP contribution in [-0.4, -0.2) is 55.3 Å². The Hall–Kier alpha value is -3.92. The van der Waals surface area contributed by atoms with E-state index in [9.17, 15) is 19.2 Å². The number of amides is 4. The molecule has 0 aliphatic carbocycles. The Balaban J connectivity index is 1.51. The highest BCUT2D eigenvalue weighted by Crippen LogP contribution is 2.54. The molecule has 2 fully saturated rings. The van der Waals surface area contributed by atoms with Crippen molar-refractivity contribution < 1.29 is 28.7 Å². The lowest BCUT2D eigenvalue weighted by Gasteiger charge is -2.29. The summed E-state index contributed by atoms with van der Waals surface area (Å²) in [5.74, 6) is -2.61. The molecule has 4 N–H and O–H groups in total. The molecule has 2 aromatic carbocycles. The summed E-state index contributed by atoms with van der Waals surface area (Å²) in [5.41, 5.74) is 8.04. The van der Waals surface area contributed by atoms with Gasteiger partial charge in [0.1, 0.15) is 5.54 Å².